The second-order valence-electron chi connectivity index (χ2n) is 6.02. The summed E-state index contributed by atoms with van der Waals surface area (Å²) in [5.74, 6) is 2.52. The maximum atomic E-state index is 9.64. The van der Waals surface area contributed by atoms with Gasteiger partial charge in [0.2, 0.25) is 0 Å². The van der Waals surface area contributed by atoms with E-state index in [0.717, 1.165) is 49.9 Å². The Kier molecular flexibility index (Phi) is 9.96. The fourth-order valence-electron chi connectivity index (χ4n) is 2.64. The number of halogens is 1. The van der Waals surface area contributed by atoms with Crippen LogP contribution in [0.15, 0.2) is 29.3 Å². The molecule has 2 N–H and O–H groups in total. The van der Waals surface area contributed by atoms with Crippen LogP contribution in [0.2, 0.25) is 0 Å². The normalized spacial score (nSPS) is 16.8. The van der Waals surface area contributed by atoms with E-state index in [-0.39, 0.29) is 36.2 Å². The molecule has 1 aromatic rings. The van der Waals surface area contributed by atoms with Gasteiger partial charge in [0, 0.05) is 19.6 Å². The number of nitrogens with one attached hydrogen (secondary N) is 1. The fraction of sp³-hybridized carbons (Fsp3) is 0.611. The molecule has 0 aromatic heterocycles. The quantitative estimate of drug-likeness (QED) is 0.386. The minimum absolute atomic E-state index is 0. The summed E-state index contributed by atoms with van der Waals surface area (Å²) in [7, 11) is 1.65. The summed E-state index contributed by atoms with van der Waals surface area (Å²) in [6.07, 6.45) is 1.38. The van der Waals surface area contributed by atoms with Crippen molar-refractivity contribution in [2.75, 3.05) is 33.3 Å². The number of guanidine groups is 1. The molecule has 0 spiro atoms. The summed E-state index contributed by atoms with van der Waals surface area (Å²) >= 11 is 0. The number of piperidine rings is 1. The Morgan fingerprint density at radius 1 is 1.28 bits per heavy atom. The number of likely N-dealkylation sites (tertiary alicyclic amines) is 1. The molecule has 1 unspecified atom stereocenters. The van der Waals surface area contributed by atoms with Gasteiger partial charge in [0.05, 0.1) is 19.8 Å². The Morgan fingerprint density at radius 3 is 2.44 bits per heavy atom. The highest BCUT2D eigenvalue weighted by Gasteiger charge is 2.19. The third-order valence-corrected chi connectivity index (χ3v) is 3.99. The number of hydrogen-bond acceptors (Lipinski definition) is 4. The average molecular weight is 463 g/mol. The molecule has 1 fully saturated rings. The molecule has 2 rings (SSSR count). The van der Waals surface area contributed by atoms with E-state index in [9.17, 15) is 5.11 Å². The van der Waals surface area contributed by atoms with Gasteiger partial charge < -0.3 is 24.8 Å². The van der Waals surface area contributed by atoms with Crippen molar-refractivity contribution in [1.29, 1.82) is 0 Å². The number of hydrogen-bond donors (Lipinski definition) is 2. The smallest absolute Gasteiger partial charge is 0.194 e. The Bertz CT molecular complexity index is 517. The van der Waals surface area contributed by atoms with Crippen LogP contribution in [0.4, 0.5) is 0 Å². The lowest BCUT2D eigenvalue weighted by Crippen LogP contribution is -2.47. The van der Waals surface area contributed by atoms with E-state index in [1.54, 1.807) is 7.11 Å². The molecule has 1 saturated heterocycles. The lowest BCUT2D eigenvalue weighted by atomic mass is 10.1. The summed E-state index contributed by atoms with van der Waals surface area (Å²) in [6, 6.07) is 7.56. The van der Waals surface area contributed by atoms with Crippen molar-refractivity contribution in [1.82, 2.24) is 10.2 Å². The maximum Gasteiger partial charge on any atom is 0.194 e. The zero-order chi connectivity index (χ0) is 17.4. The molecule has 0 saturated carbocycles. The van der Waals surface area contributed by atoms with Crippen LogP contribution in [0.3, 0.4) is 0 Å². The minimum Gasteiger partial charge on any atom is -0.497 e. The van der Waals surface area contributed by atoms with Gasteiger partial charge in [-0.25, -0.2) is 4.99 Å². The number of aliphatic imine (C=N–C) groups is 1. The zero-order valence-corrected chi connectivity index (χ0v) is 17.6. The van der Waals surface area contributed by atoms with Crippen LogP contribution in [-0.2, 0) is 0 Å². The van der Waals surface area contributed by atoms with Gasteiger partial charge in [-0.2, -0.15) is 0 Å². The van der Waals surface area contributed by atoms with Crippen molar-refractivity contribution in [2.24, 2.45) is 4.99 Å². The number of rotatable bonds is 6. The molecule has 1 heterocycles. The largest absolute Gasteiger partial charge is 0.497 e. The van der Waals surface area contributed by atoms with Crippen LogP contribution >= 0.6 is 24.0 Å². The first-order valence-electron chi connectivity index (χ1n) is 8.64. The van der Waals surface area contributed by atoms with Crippen LogP contribution in [0.5, 0.6) is 11.5 Å². The third-order valence-electron chi connectivity index (χ3n) is 3.99. The Labute approximate surface area is 167 Å². The van der Waals surface area contributed by atoms with Crippen molar-refractivity contribution < 1.29 is 14.6 Å². The molecule has 0 radical (unpaired) electrons. The SMILES string of the molecule is CCNC(=NCC(C)Oc1ccc(OC)cc1)N1CCC(O)CC1.I. The van der Waals surface area contributed by atoms with Gasteiger partial charge in [-0.05, 0) is 51.0 Å². The second kappa shape index (κ2) is 11.4. The molecule has 1 aliphatic rings. The second-order valence-corrected chi connectivity index (χ2v) is 6.02. The zero-order valence-electron chi connectivity index (χ0n) is 15.3. The van der Waals surface area contributed by atoms with Crippen molar-refractivity contribution in [3.05, 3.63) is 24.3 Å². The number of benzene rings is 1. The molecule has 142 valence electrons. The van der Waals surface area contributed by atoms with Gasteiger partial charge >= 0.3 is 0 Å². The van der Waals surface area contributed by atoms with Gasteiger partial charge in [0.25, 0.3) is 0 Å². The molecular formula is C18H30IN3O3. The molecule has 0 aliphatic carbocycles. The van der Waals surface area contributed by atoms with Gasteiger partial charge in [-0.3, -0.25) is 0 Å². The predicted octanol–water partition coefficient (Wildman–Crippen LogP) is 2.50. The predicted molar refractivity (Wildman–Crippen MR) is 111 cm³/mol. The van der Waals surface area contributed by atoms with E-state index in [0.29, 0.717) is 6.54 Å². The molecule has 7 heteroatoms. The Morgan fingerprint density at radius 2 is 1.88 bits per heavy atom. The maximum absolute atomic E-state index is 9.64. The van der Waals surface area contributed by atoms with E-state index in [1.165, 1.54) is 0 Å². The highest BCUT2D eigenvalue weighted by Crippen LogP contribution is 2.18. The van der Waals surface area contributed by atoms with E-state index in [1.807, 2.05) is 31.2 Å². The van der Waals surface area contributed by atoms with Crippen molar-refractivity contribution in [3.8, 4) is 11.5 Å². The first-order chi connectivity index (χ1) is 11.6. The highest BCUT2D eigenvalue weighted by molar-refractivity contribution is 14.0. The lowest BCUT2D eigenvalue weighted by Gasteiger charge is -2.32. The molecule has 25 heavy (non-hydrogen) atoms. The van der Waals surface area contributed by atoms with Crippen molar-refractivity contribution in [2.45, 2.75) is 38.9 Å². The Balaban J connectivity index is 0.00000312. The summed E-state index contributed by atoms with van der Waals surface area (Å²) < 4.78 is 11.0. The lowest BCUT2D eigenvalue weighted by molar-refractivity contribution is 0.107. The summed E-state index contributed by atoms with van der Waals surface area (Å²) in [5.41, 5.74) is 0. The monoisotopic (exact) mass is 463 g/mol. The number of aliphatic hydroxyl groups excluding tert-OH is 1. The molecular weight excluding hydrogens is 433 g/mol. The van der Waals surface area contributed by atoms with Crippen LogP contribution in [0.1, 0.15) is 26.7 Å². The van der Waals surface area contributed by atoms with Crippen LogP contribution < -0.4 is 14.8 Å². The Hall–Kier alpha value is -1.22. The molecule has 0 amide bonds. The van der Waals surface area contributed by atoms with Crippen LogP contribution in [0.25, 0.3) is 0 Å². The average Bonchev–Trinajstić information content (AvgIpc) is 2.60. The first-order valence-corrected chi connectivity index (χ1v) is 8.64. The number of nitrogens with zero attached hydrogens (tertiary/aromatic N) is 2. The first kappa shape index (κ1) is 21.8. The van der Waals surface area contributed by atoms with Gasteiger partial charge in [0.1, 0.15) is 17.6 Å². The van der Waals surface area contributed by atoms with E-state index >= 15 is 0 Å². The standard InChI is InChI=1S/C18H29N3O3.HI/c1-4-19-18(21-11-9-15(22)10-12-21)20-13-14(2)24-17-7-5-16(23-3)6-8-17;/h5-8,14-15,22H,4,9-13H2,1-3H3,(H,19,20);1H. The van der Waals surface area contributed by atoms with Crippen LogP contribution in [0, 0.1) is 0 Å². The highest BCUT2D eigenvalue weighted by atomic mass is 127. The van der Waals surface area contributed by atoms with Gasteiger partial charge in [-0.1, -0.05) is 0 Å². The van der Waals surface area contributed by atoms with Crippen LogP contribution in [-0.4, -0.2) is 61.5 Å². The van der Waals surface area contributed by atoms with Crippen molar-refractivity contribution in [3.63, 3.8) is 0 Å². The molecule has 1 aliphatic heterocycles. The minimum atomic E-state index is -0.179. The van der Waals surface area contributed by atoms with Gasteiger partial charge in [-0.15, -0.1) is 24.0 Å². The van der Waals surface area contributed by atoms with E-state index in [4.69, 9.17) is 14.5 Å². The van der Waals surface area contributed by atoms with E-state index in [2.05, 4.69) is 17.1 Å². The summed E-state index contributed by atoms with van der Waals surface area (Å²) in [6.45, 7) is 7.14. The van der Waals surface area contributed by atoms with Crippen molar-refractivity contribution >= 4 is 29.9 Å². The topological polar surface area (TPSA) is 66.3 Å². The third kappa shape index (κ3) is 7.27. The van der Waals surface area contributed by atoms with Gasteiger partial charge in [0.15, 0.2) is 5.96 Å². The fourth-order valence-corrected chi connectivity index (χ4v) is 2.64. The molecule has 1 aromatic carbocycles. The van der Waals surface area contributed by atoms with E-state index < -0.39 is 0 Å². The number of methoxy groups -OCH3 is 1. The number of aliphatic hydroxyl groups is 1. The summed E-state index contributed by atoms with van der Waals surface area (Å²) in [5, 5.41) is 13.0. The molecule has 6 nitrogen and oxygen atoms in total. The summed E-state index contributed by atoms with van der Waals surface area (Å²) in [4.78, 5) is 6.90. The molecule has 1 atom stereocenters. The molecule has 0 bridgehead atoms. The number of ether oxygens (including phenoxy) is 2.